The van der Waals surface area contributed by atoms with Gasteiger partial charge in [0.2, 0.25) is 0 Å². The van der Waals surface area contributed by atoms with Gasteiger partial charge in [0.1, 0.15) is 11.2 Å². The standard InChI is InChI=1S/C60H39N3OS/c1-60(2)48-23-8-6-18-43(48)54-42(20-11-24-49(54)60)41-17-10-16-39(34-41)40-32-33-50-47(35-40)55-45(21-12-25-51(55)64-50)58-61-57(38-30-28-37(29-31-38)36-14-4-3-5-15-36)62-59(63-58)46-22-13-27-53-56(46)44-19-7-9-26-52(44)65-53/h3-35H,1-2H3. The first kappa shape index (κ1) is 37.6. The van der Waals surface area contributed by atoms with Crippen LogP contribution < -0.4 is 0 Å². The lowest BCUT2D eigenvalue weighted by atomic mass is 9.82. The molecule has 0 radical (unpaired) electrons. The third-order valence-corrected chi connectivity index (χ3v) is 14.5. The summed E-state index contributed by atoms with van der Waals surface area (Å²) in [5.74, 6) is 1.84. The minimum absolute atomic E-state index is 0.0662. The van der Waals surface area contributed by atoms with E-state index in [9.17, 15) is 0 Å². The van der Waals surface area contributed by atoms with Gasteiger partial charge in [0, 0.05) is 53.1 Å². The molecule has 0 saturated carbocycles. The molecule has 0 unspecified atom stereocenters. The summed E-state index contributed by atoms with van der Waals surface area (Å²) in [7, 11) is 0. The molecule has 0 saturated heterocycles. The summed E-state index contributed by atoms with van der Waals surface area (Å²) in [6.45, 7) is 4.68. The Morgan fingerprint density at radius 1 is 0.369 bits per heavy atom. The Hall–Kier alpha value is -7.99. The maximum Gasteiger partial charge on any atom is 0.164 e. The fourth-order valence-corrected chi connectivity index (χ4v) is 11.3. The average molecular weight is 850 g/mol. The Kier molecular flexibility index (Phi) is 8.39. The van der Waals surface area contributed by atoms with Crippen molar-refractivity contribution in [1.29, 1.82) is 0 Å². The number of furan rings is 1. The van der Waals surface area contributed by atoms with Crippen LogP contribution in [0.1, 0.15) is 25.0 Å². The first-order chi connectivity index (χ1) is 32.0. The lowest BCUT2D eigenvalue weighted by Gasteiger charge is -2.21. The Morgan fingerprint density at radius 2 is 0.938 bits per heavy atom. The van der Waals surface area contributed by atoms with E-state index in [4.69, 9.17) is 19.4 Å². The molecule has 0 atom stereocenters. The van der Waals surface area contributed by atoms with Gasteiger partial charge in [0.15, 0.2) is 17.5 Å². The fraction of sp³-hybridized carbons (Fsp3) is 0.0500. The van der Waals surface area contributed by atoms with Gasteiger partial charge in [-0.2, -0.15) is 0 Å². The highest BCUT2D eigenvalue weighted by Crippen LogP contribution is 2.52. The van der Waals surface area contributed by atoms with Crippen molar-refractivity contribution in [2.75, 3.05) is 0 Å². The lowest BCUT2D eigenvalue weighted by molar-refractivity contribution is 0.660. The second kappa shape index (κ2) is 14.5. The third kappa shape index (κ3) is 6.00. The monoisotopic (exact) mass is 849 g/mol. The topological polar surface area (TPSA) is 51.8 Å². The molecule has 3 heterocycles. The predicted molar refractivity (Wildman–Crippen MR) is 270 cm³/mol. The Balaban J connectivity index is 0.974. The maximum absolute atomic E-state index is 6.61. The number of thiophene rings is 1. The third-order valence-electron chi connectivity index (χ3n) is 13.4. The van der Waals surface area contributed by atoms with Crippen LogP contribution in [0.15, 0.2) is 205 Å². The van der Waals surface area contributed by atoms with Gasteiger partial charge in [-0.05, 0) is 92.0 Å². The molecule has 13 rings (SSSR count). The average Bonchev–Trinajstić information content (AvgIpc) is 4.01. The normalized spacial score (nSPS) is 12.9. The molecule has 0 bridgehead atoms. The molecule has 1 aliphatic carbocycles. The van der Waals surface area contributed by atoms with Crippen molar-refractivity contribution in [2.45, 2.75) is 19.3 Å². The van der Waals surface area contributed by atoms with Crippen molar-refractivity contribution in [2.24, 2.45) is 0 Å². The van der Waals surface area contributed by atoms with E-state index in [0.29, 0.717) is 17.5 Å². The highest BCUT2D eigenvalue weighted by atomic mass is 32.1. The molecular formula is C60H39N3OS. The number of hydrogen-bond donors (Lipinski definition) is 0. The zero-order valence-corrected chi connectivity index (χ0v) is 36.5. The van der Waals surface area contributed by atoms with Gasteiger partial charge in [0.25, 0.3) is 0 Å². The Labute approximate surface area is 380 Å². The summed E-state index contributed by atoms with van der Waals surface area (Å²) < 4.78 is 9.05. The van der Waals surface area contributed by atoms with Gasteiger partial charge >= 0.3 is 0 Å². The van der Waals surface area contributed by atoms with Crippen LogP contribution in [0.5, 0.6) is 0 Å². The minimum atomic E-state index is -0.0662. The minimum Gasteiger partial charge on any atom is -0.456 e. The van der Waals surface area contributed by atoms with Gasteiger partial charge in [-0.25, -0.2) is 15.0 Å². The smallest absolute Gasteiger partial charge is 0.164 e. The molecular weight excluding hydrogens is 811 g/mol. The zero-order chi connectivity index (χ0) is 43.2. The van der Waals surface area contributed by atoms with Gasteiger partial charge in [-0.1, -0.05) is 178 Å². The summed E-state index contributed by atoms with van der Waals surface area (Å²) in [5.41, 5.74) is 16.7. The molecule has 0 spiro atoms. The van der Waals surface area contributed by atoms with Crippen molar-refractivity contribution in [3.8, 4) is 78.7 Å². The molecule has 0 aliphatic heterocycles. The molecule has 12 aromatic rings. The summed E-state index contributed by atoms with van der Waals surface area (Å²) in [4.78, 5) is 15.9. The van der Waals surface area contributed by atoms with E-state index in [2.05, 4.69) is 196 Å². The van der Waals surface area contributed by atoms with E-state index in [1.807, 2.05) is 18.2 Å². The quantitative estimate of drug-likeness (QED) is 0.167. The molecule has 4 nitrogen and oxygen atoms in total. The van der Waals surface area contributed by atoms with Crippen LogP contribution in [0, 0.1) is 0 Å². The van der Waals surface area contributed by atoms with Crippen molar-refractivity contribution in [3.63, 3.8) is 0 Å². The van der Waals surface area contributed by atoms with Crippen molar-refractivity contribution in [1.82, 2.24) is 15.0 Å². The van der Waals surface area contributed by atoms with Crippen molar-refractivity contribution < 1.29 is 4.42 Å². The van der Waals surface area contributed by atoms with Crippen LogP contribution >= 0.6 is 11.3 Å². The van der Waals surface area contributed by atoms with E-state index >= 15 is 0 Å². The summed E-state index contributed by atoms with van der Waals surface area (Å²) in [6.07, 6.45) is 0. The number of fused-ring (bicyclic) bond motifs is 9. The summed E-state index contributed by atoms with van der Waals surface area (Å²) >= 11 is 1.79. The van der Waals surface area contributed by atoms with E-state index in [0.717, 1.165) is 66.3 Å². The summed E-state index contributed by atoms with van der Waals surface area (Å²) in [6, 6.07) is 71.3. The number of nitrogens with zero attached hydrogens (tertiary/aromatic N) is 3. The second-order valence-corrected chi connectivity index (χ2v) is 18.6. The van der Waals surface area contributed by atoms with E-state index in [1.54, 1.807) is 11.3 Å². The van der Waals surface area contributed by atoms with Crippen molar-refractivity contribution in [3.05, 3.63) is 211 Å². The molecule has 5 heteroatoms. The molecule has 306 valence electrons. The van der Waals surface area contributed by atoms with E-state index in [-0.39, 0.29) is 5.41 Å². The first-order valence-corrected chi connectivity index (χ1v) is 22.9. The van der Waals surface area contributed by atoms with Crippen LogP contribution in [0.2, 0.25) is 0 Å². The molecule has 3 aromatic heterocycles. The number of aromatic nitrogens is 3. The fourth-order valence-electron chi connectivity index (χ4n) is 10.2. The molecule has 0 N–H and O–H groups in total. The highest BCUT2D eigenvalue weighted by molar-refractivity contribution is 7.25. The van der Waals surface area contributed by atoms with Crippen LogP contribution in [-0.4, -0.2) is 15.0 Å². The van der Waals surface area contributed by atoms with Gasteiger partial charge in [-0.15, -0.1) is 11.3 Å². The lowest BCUT2D eigenvalue weighted by Crippen LogP contribution is -2.14. The predicted octanol–water partition coefficient (Wildman–Crippen LogP) is 16.4. The number of benzene rings is 9. The van der Waals surface area contributed by atoms with Crippen LogP contribution in [0.3, 0.4) is 0 Å². The number of rotatable bonds is 6. The van der Waals surface area contributed by atoms with Gasteiger partial charge in [0.05, 0.1) is 0 Å². The van der Waals surface area contributed by atoms with E-state index in [1.165, 1.54) is 48.2 Å². The van der Waals surface area contributed by atoms with Crippen LogP contribution in [0.25, 0.3) is 121 Å². The first-order valence-electron chi connectivity index (χ1n) is 22.1. The number of hydrogen-bond acceptors (Lipinski definition) is 5. The van der Waals surface area contributed by atoms with E-state index < -0.39 is 0 Å². The highest BCUT2D eigenvalue weighted by Gasteiger charge is 2.36. The molecule has 1 aliphatic rings. The molecule has 9 aromatic carbocycles. The summed E-state index contributed by atoms with van der Waals surface area (Å²) in [5, 5.41) is 4.34. The molecule has 0 fully saturated rings. The molecule has 0 amide bonds. The zero-order valence-electron chi connectivity index (χ0n) is 35.7. The van der Waals surface area contributed by atoms with Gasteiger partial charge < -0.3 is 4.42 Å². The van der Waals surface area contributed by atoms with Crippen LogP contribution in [0.4, 0.5) is 0 Å². The Morgan fingerprint density at radius 3 is 1.80 bits per heavy atom. The van der Waals surface area contributed by atoms with Gasteiger partial charge in [-0.3, -0.25) is 0 Å². The Bertz CT molecular complexity index is 3860. The van der Waals surface area contributed by atoms with Crippen LogP contribution in [-0.2, 0) is 5.41 Å². The maximum atomic E-state index is 6.61. The largest absolute Gasteiger partial charge is 0.456 e. The second-order valence-electron chi connectivity index (χ2n) is 17.5. The van der Waals surface area contributed by atoms with Crippen molar-refractivity contribution >= 4 is 53.4 Å². The molecule has 65 heavy (non-hydrogen) atoms. The SMILES string of the molecule is CC1(C)c2ccccc2-c2c(-c3cccc(-c4ccc5oc6cccc(-c7nc(-c8ccc(-c9ccccc9)cc8)nc(-c8cccc9sc%10ccccc%10c89)n7)c6c5c4)c3)cccc21.